The van der Waals surface area contributed by atoms with E-state index in [9.17, 15) is 17.6 Å². The highest BCUT2D eigenvalue weighted by Gasteiger charge is 2.49. The molecule has 4 saturated heterocycles. The van der Waals surface area contributed by atoms with Crippen LogP contribution in [0.4, 0.5) is 38.0 Å². The van der Waals surface area contributed by atoms with Gasteiger partial charge in [-0.2, -0.15) is 23.1 Å². The molecule has 4 atom stereocenters. The van der Waals surface area contributed by atoms with E-state index >= 15 is 8.78 Å². The van der Waals surface area contributed by atoms with Crippen molar-refractivity contribution in [2.45, 2.75) is 69.0 Å². The monoisotopic (exact) mass is 637 g/mol. The number of hydrogen-bond donors (Lipinski definition) is 2. The first-order valence-corrected chi connectivity index (χ1v) is 15.0. The van der Waals surface area contributed by atoms with E-state index in [1.54, 1.807) is 0 Å². The molecule has 2 aromatic heterocycles. The standard InChI is InChI=1S/C30H33F6N7O2/c1-14-22(30(34,35)36)18(8-19(37)38-14)20-23(32)25-21(26(44-2)24(20)33)27(42-11-16-4-5-17(12-42)39-16)41-28(40-25)45-13-29-6-3-7-43(29)10-15(31)9-29/h8,15-17,39H,3-7,9-13H2,1-2H3,(H2,37,38)/t15-,16?,17?,29+/m1/s1. The molecule has 4 aliphatic rings. The number of hydrogen-bond acceptors (Lipinski definition) is 9. The third-order valence-corrected chi connectivity index (χ3v) is 9.67. The number of pyridine rings is 1. The van der Waals surface area contributed by atoms with Crippen molar-refractivity contribution in [1.82, 2.24) is 25.2 Å². The summed E-state index contributed by atoms with van der Waals surface area (Å²) in [5.74, 6) is -3.41. The molecule has 0 amide bonds. The van der Waals surface area contributed by atoms with E-state index in [0.717, 1.165) is 45.9 Å². The zero-order chi connectivity index (χ0) is 31.8. The maximum absolute atomic E-state index is 16.7. The zero-order valence-electron chi connectivity index (χ0n) is 24.8. The lowest BCUT2D eigenvalue weighted by Crippen LogP contribution is -2.51. The fraction of sp³-hybridized carbons (Fsp3) is 0.567. The minimum atomic E-state index is -5.01. The average Bonchev–Trinajstić information content (AvgIpc) is 3.61. The largest absolute Gasteiger partial charge is 0.493 e. The van der Waals surface area contributed by atoms with Crippen molar-refractivity contribution in [3.8, 4) is 22.9 Å². The summed E-state index contributed by atoms with van der Waals surface area (Å²) in [6.45, 7) is 3.06. The number of ether oxygens (including phenoxy) is 2. The fourth-order valence-electron chi connectivity index (χ4n) is 7.83. The lowest BCUT2D eigenvalue weighted by molar-refractivity contribution is -0.137. The molecule has 1 aromatic carbocycles. The predicted molar refractivity (Wildman–Crippen MR) is 154 cm³/mol. The summed E-state index contributed by atoms with van der Waals surface area (Å²) in [6.07, 6.45) is -2.36. The zero-order valence-corrected chi connectivity index (χ0v) is 24.8. The van der Waals surface area contributed by atoms with Crippen LogP contribution in [-0.2, 0) is 6.18 Å². The number of fused-ring (bicyclic) bond motifs is 4. The van der Waals surface area contributed by atoms with Gasteiger partial charge >= 0.3 is 12.2 Å². The molecule has 2 bridgehead atoms. The highest BCUT2D eigenvalue weighted by atomic mass is 19.4. The van der Waals surface area contributed by atoms with Gasteiger partial charge in [0.2, 0.25) is 0 Å². The molecule has 15 heteroatoms. The molecule has 0 saturated carbocycles. The maximum atomic E-state index is 16.7. The van der Waals surface area contributed by atoms with E-state index in [-0.39, 0.29) is 48.1 Å². The highest BCUT2D eigenvalue weighted by Crippen LogP contribution is 2.48. The number of nitrogen functional groups attached to an aromatic ring is 1. The number of methoxy groups -OCH3 is 1. The number of piperazine rings is 1. The molecule has 6 heterocycles. The Bertz CT molecular complexity index is 1660. The van der Waals surface area contributed by atoms with Gasteiger partial charge in [0.05, 0.1) is 34.9 Å². The second kappa shape index (κ2) is 10.7. The summed E-state index contributed by atoms with van der Waals surface area (Å²) < 4.78 is 102. The highest BCUT2D eigenvalue weighted by molar-refractivity contribution is 5.99. The van der Waals surface area contributed by atoms with Gasteiger partial charge in [0, 0.05) is 43.7 Å². The Morgan fingerprint density at radius 2 is 1.82 bits per heavy atom. The van der Waals surface area contributed by atoms with Crippen molar-refractivity contribution >= 4 is 22.5 Å². The van der Waals surface area contributed by atoms with Crippen molar-refractivity contribution in [1.29, 1.82) is 0 Å². The molecule has 4 aliphatic heterocycles. The van der Waals surface area contributed by atoms with Gasteiger partial charge in [-0.3, -0.25) is 4.90 Å². The van der Waals surface area contributed by atoms with Crippen molar-refractivity contribution in [3.63, 3.8) is 0 Å². The number of aromatic nitrogens is 3. The summed E-state index contributed by atoms with van der Waals surface area (Å²) in [4.78, 5) is 16.5. The Morgan fingerprint density at radius 1 is 1.09 bits per heavy atom. The van der Waals surface area contributed by atoms with Crippen LogP contribution in [0.3, 0.4) is 0 Å². The van der Waals surface area contributed by atoms with Gasteiger partial charge in [-0.05, 0) is 45.2 Å². The molecule has 7 rings (SSSR count). The SMILES string of the molecule is COc1c(F)c(-c2cc(N)nc(C)c2C(F)(F)F)c(F)c2nc(OC[C@@]34CCCN3C[C@H](F)C4)nc(N3CC4CCC(C3)N4)c12. The van der Waals surface area contributed by atoms with Crippen molar-refractivity contribution in [3.05, 3.63) is 29.0 Å². The maximum Gasteiger partial charge on any atom is 0.418 e. The van der Waals surface area contributed by atoms with Crippen molar-refractivity contribution in [2.24, 2.45) is 0 Å². The third kappa shape index (κ3) is 4.98. The van der Waals surface area contributed by atoms with Crippen molar-refractivity contribution in [2.75, 3.05) is 50.5 Å². The van der Waals surface area contributed by atoms with Crippen LogP contribution in [0.25, 0.3) is 22.0 Å². The lowest BCUT2D eigenvalue weighted by Gasteiger charge is -2.35. The first-order chi connectivity index (χ1) is 21.4. The molecular weight excluding hydrogens is 604 g/mol. The molecule has 2 unspecified atom stereocenters. The van der Waals surface area contributed by atoms with E-state index in [2.05, 4.69) is 20.3 Å². The molecular formula is C30H33F6N7O2. The quantitative estimate of drug-likeness (QED) is 0.370. The van der Waals surface area contributed by atoms with Gasteiger partial charge in [-0.25, -0.2) is 18.2 Å². The number of nitrogens with two attached hydrogens (primary N) is 1. The van der Waals surface area contributed by atoms with E-state index in [1.165, 1.54) is 0 Å². The van der Waals surface area contributed by atoms with Crippen LogP contribution in [0.15, 0.2) is 6.07 Å². The first kappa shape index (κ1) is 30.1. The molecule has 0 radical (unpaired) electrons. The Hall–Kier alpha value is -3.59. The molecule has 9 nitrogen and oxygen atoms in total. The number of nitrogens with one attached hydrogen (secondary N) is 1. The summed E-state index contributed by atoms with van der Waals surface area (Å²) in [5, 5.41) is 3.37. The number of halogens is 6. The predicted octanol–water partition coefficient (Wildman–Crippen LogP) is 4.78. The van der Waals surface area contributed by atoms with Crippen LogP contribution >= 0.6 is 0 Å². The van der Waals surface area contributed by atoms with Gasteiger partial charge in [-0.1, -0.05) is 0 Å². The second-order valence-corrected chi connectivity index (χ2v) is 12.5. The molecule has 0 spiro atoms. The van der Waals surface area contributed by atoms with Crippen LogP contribution in [0, 0.1) is 18.6 Å². The molecule has 0 aliphatic carbocycles. The number of alkyl halides is 4. The Kier molecular flexibility index (Phi) is 7.19. The Morgan fingerprint density at radius 3 is 2.51 bits per heavy atom. The number of nitrogens with zero attached hydrogens (tertiary/aromatic N) is 5. The van der Waals surface area contributed by atoms with Gasteiger partial charge in [-0.15, -0.1) is 0 Å². The number of rotatable bonds is 6. The topological polar surface area (TPSA) is 102 Å². The Labute approximate surface area is 255 Å². The van der Waals surface area contributed by atoms with E-state index in [0.29, 0.717) is 26.1 Å². The molecule has 45 heavy (non-hydrogen) atoms. The minimum absolute atomic E-state index is 0.0380. The molecule has 4 fully saturated rings. The third-order valence-electron chi connectivity index (χ3n) is 9.67. The van der Waals surface area contributed by atoms with Crippen LogP contribution in [-0.4, -0.2) is 83.5 Å². The van der Waals surface area contributed by atoms with Gasteiger partial charge < -0.3 is 25.4 Å². The molecule has 242 valence electrons. The normalized spacial score (nSPS) is 26.6. The summed E-state index contributed by atoms with van der Waals surface area (Å²) in [5.41, 5.74) is 1.04. The van der Waals surface area contributed by atoms with Gasteiger partial charge in [0.15, 0.2) is 17.4 Å². The molecule has 3 aromatic rings. The van der Waals surface area contributed by atoms with Crippen LogP contribution in [0.1, 0.15) is 43.4 Å². The number of anilines is 2. The van der Waals surface area contributed by atoms with Gasteiger partial charge in [0.25, 0.3) is 0 Å². The van der Waals surface area contributed by atoms with E-state index < -0.39 is 63.2 Å². The van der Waals surface area contributed by atoms with Crippen LogP contribution in [0.2, 0.25) is 0 Å². The van der Waals surface area contributed by atoms with E-state index in [1.807, 2.05) is 9.80 Å². The smallest absolute Gasteiger partial charge is 0.418 e. The Balaban J connectivity index is 1.43. The van der Waals surface area contributed by atoms with Crippen molar-refractivity contribution < 1.29 is 35.8 Å². The van der Waals surface area contributed by atoms with E-state index in [4.69, 9.17) is 15.2 Å². The summed E-state index contributed by atoms with van der Waals surface area (Å²) >= 11 is 0. The summed E-state index contributed by atoms with van der Waals surface area (Å²) in [7, 11) is 1.15. The fourth-order valence-corrected chi connectivity index (χ4v) is 7.83. The second-order valence-electron chi connectivity index (χ2n) is 12.5. The lowest BCUT2D eigenvalue weighted by atomic mass is 9.95. The number of aryl methyl sites for hydroxylation is 1. The van der Waals surface area contributed by atoms with Crippen LogP contribution in [0.5, 0.6) is 11.8 Å². The first-order valence-electron chi connectivity index (χ1n) is 15.0. The minimum Gasteiger partial charge on any atom is -0.493 e. The van der Waals surface area contributed by atoms with Gasteiger partial charge in [0.1, 0.15) is 29.9 Å². The number of benzene rings is 1. The molecule has 3 N–H and O–H groups in total. The summed E-state index contributed by atoms with van der Waals surface area (Å²) in [6, 6.07) is 0.770. The average molecular weight is 638 g/mol. The van der Waals surface area contributed by atoms with Crippen LogP contribution < -0.4 is 25.4 Å².